The summed E-state index contributed by atoms with van der Waals surface area (Å²) < 4.78 is 1.73. The number of rotatable bonds is 2. The molecule has 0 aliphatic heterocycles. The number of hydrogen-bond acceptors (Lipinski definition) is 4. The van der Waals surface area contributed by atoms with Gasteiger partial charge in [0.25, 0.3) is 5.78 Å². The van der Waals surface area contributed by atoms with Crippen LogP contribution in [-0.4, -0.2) is 24.6 Å². The summed E-state index contributed by atoms with van der Waals surface area (Å²) in [5, 5.41) is 5.25. The predicted molar refractivity (Wildman–Crippen MR) is 84.5 cm³/mol. The lowest BCUT2D eigenvalue weighted by Gasteiger charge is -2.03. The number of halogens is 1. The second kappa shape index (κ2) is 5.20. The molecular weight excluding hydrogens is 298 g/mol. The van der Waals surface area contributed by atoms with Crippen molar-refractivity contribution in [2.24, 2.45) is 0 Å². The summed E-state index contributed by atoms with van der Waals surface area (Å²) >= 11 is 5.95. The Bertz CT molecular complexity index is 932. The number of pyridine rings is 1. The van der Waals surface area contributed by atoms with Crippen molar-refractivity contribution in [3.05, 3.63) is 66.1 Å². The second-order valence-electron chi connectivity index (χ2n) is 4.73. The molecule has 5 nitrogen and oxygen atoms in total. The molecule has 0 unspecified atom stereocenters. The third kappa shape index (κ3) is 2.21. The van der Waals surface area contributed by atoms with Crippen LogP contribution >= 0.6 is 11.6 Å². The SMILES string of the molecule is Clc1ccc(-c2ccnc3nc(-c4cccnc4)nn23)cc1. The van der Waals surface area contributed by atoms with Gasteiger partial charge in [0.2, 0.25) is 0 Å². The minimum atomic E-state index is 0.548. The van der Waals surface area contributed by atoms with E-state index >= 15 is 0 Å². The Morgan fingerprint density at radius 1 is 0.909 bits per heavy atom. The quantitative estimate of drug-likeness (QED) is 0.568. The molecule has 0 amide bonds. The largest absolute Gasteiger partial charge is 0.264 e. The van der Waals surface area contributed by atoms with Crippen LogP contribution < -0.4 is 0 Å². The summed E-state index contributed by atoms with van der Waals surface area (Å²) in [4.78, 5) is 12.8. The van der Waals surface area contributed by atoms with Crippen LogP contribution in [0.5, 0.6) is 0 Å². The van der Waals surface area contributed by atoms with Gasteiger partial charge in [-0.2, -0.15) is 9.50 Å². The van der Waals surface area contributed by atoms with Crippen molar-refractivity contribution in [3.8, 4) is 22.6 Å². The molecule has 0 atom stereocenters. The van der Waals surface area contributed by atoms with Crippen molar-refractivity contribution >= 4 is 17.4 Å². The summed E-state index contributed by atoms with van der Waals surface area (Å²) in [6.07, 6.45) is 5.18. The first-order valence-corrected chi connectivity index (χ1v) is 7.07. The molecule has 0 fully saturated rings. The van der Waals surface area contributed by atoms with Crippen LogP contribution in [0.2, 0.25) is 5.02 Å². The Morgan fingerprint density at radius 2 is 1.77 bits per heavy atom. The fourth-order valence-electron chi connectivity index (χ4n) is 2.25. The van der Waals surface area contributed by atoms with E-state index in [-0.39, 0.29) is 0 Å². The maximum Gasteiger partial charge on any atom is 0.253 e. The Morgan fingerprint density at radius 3 is 2.55 bits per heavy atom. The molecule has 4 aromatic rings. The van der Waals surface area contributed by atoms with Gasteiger partial charge in [-0.05, 0) is 30.3 Å². The van der Waals surface area contributed by atoms with E-state index in [0.717, 1.165) is 16.8 Å². The third-order valence-corrected chi connectivity index (χ3v) is 3.55. The van der Waals surface area contributed by atoms with Gasteiger partial charge in [0.15, 0.2) is 5.82 Å². The Hall–Kier alpha value is -2.79. The van der Waals surface area contributed by atoms with E-state index < -0.39 is 0 Å². The highest BCUT2D eigenvalue weighted by Gasteiger charge is 2.11. The molecule has 0 saturated carbocycles. The van der Waals surface area contributed by atoms with Crippen LogP contribution in [0.15, 0.2) is 61.1 Å². The Balaban J connectivity index is 1.90. The number of nitrogens with zero attached hydrogens (tertiary/aromatic N) is 5. The first-order valence-electron chi connectivity index (χ1n) is 6.69. The van der Waals surface area contributed by atoms with Gasteiger partial charge in [-0.1, -0.05) is 23.7 Å². The fraction of sp³-hybridized carbons (Fsp3) is 0. The van der Waals surface area contributed by atoms with Gasteiger partial charge in [0, 0.05) is 34.7 Å². The first kappa shape index (κ1) is 12.9. The Labute approximate surface area is 131 Å². The van der Waals surface area contributed by atoms with Gasteiger partial charge in [0.1, 0.15) is 0 Å². The minimum absolute atomic E-state index is 0.548. The molecule has 0 spiro atoms. The molecule has 3 aromatic heterocycles. The molecule has 0 N–H and O–H groups in total. The highest BCUT2D eigenvalue weighted by molar-refractivity contribution is 6.30. The van der Waals surface area contributed by atoms with Crippen molar-refractivity contribution in [2.75, 3.05) is 0 Å². The van der Waals surface area contributed by atoms with E-state index in [1.54, 1.807) is 23.1 Å². The highest BCUT2D eigenvalue weighted by Crippen LogP contribution is 2.22. The number of hydrogen-bond donors (Lipinski definition) is 0. The van der Waals surface area contributed by atoms with Gasteiger partial charge in [-0.25, -0.2) is 4.98 Å². The lowest BCUT2D eigenvalue weighted by molar-refractivity contribution is 0.950. The summed E-state index contributed by atoms with van der Waals surface area (Å²) in [5.41, 5.74) is 2.76. The number of fused-ring (bicyclic) bond motifs is 1. The standard InChI is InChI=1S/C16H10ClN5/c17-13-5-3-11(4-6-13)14-7-9-19-16-20-15(21-22(14)16)12-2-1-8-18-10-12/h1-10H. The minimum Gasteiger partial charge on any atom is -0.264 e. The monoisotopic (exact) mass is 307 g/mol. The molecule has 106 valence electrons. The molecule has 0 radical (unpaired) electrons. The zero-order valence-electron chi connectivity index (χ0n) is 11.4. The van der Waals surface area contributed by atoms with Crippen molar-refractivity contribution in [3.63, 3.8) is 0 Å². The molecule has 22 heavy (non-hydrogen) atoms. The predicted octanol–water partition coefficient (Wildman–Crippen LogP) is 3.51. The molecule has 6 heteroatoms. The molecule has 0 aliphatic carbocycles. The van der Waals surface area contributed by atoms with Crippen LogP contribution in [-0.2, 0) is 0 Å². The van der Waals surface area contributed by atoms with Crippen LogP contribution in [0.4, 0.5) is 0 Å². The molecule has 0 saturated heterocycles. The third-order valence-electron chi connectivity index (χ3n) is 3.30. The van der Waals surface area contributed by atoms with Crippen molar-refractivity contribution in [1.82, 2.24) is 24.6 Å². The molecule has 0 bridgehead atoms. The zero-order valence-corrected chi connectivity index (χ0v) is 12.1. The second-order valence-corrected chi connectivity index (χ2v) is 5.16. The number of aromatic nitrogens is 5. The first-order chi connectivity index (χ1) is 10.8. The molecule has 4 rings (SSSR count). The summed E-state index contributed by atoms with van der Waals surface area (Å²) in [5.74, 6) is 1.15. The van der Waals surface area contributed by atoms with Crippen molar-refractivity contribution in [1.29, 1.82) is 0 Å². The van der Waals surface area contributed by atoms with E-state index in [1.165, 1.54) is 0 Å². The fourth-order valence-corrected chi connectivity index (χ4v) is 2.38. The molecule has 3 heterocycles. The lowest BCUT2D eigenvalue weighted by atomic mass is 10.1. The zero-order chi connectivity index (χ0) is 14.9. The van der Waals surface area contributed by atoms with Crippen LogP contribution in [0.1, 0.15) is 0 Å². The number of benzene rings is 1. The van der Waals surface area contributed by atoms with E-state index in [1.807, 2.05) is 42.5 Å². The molecular formula is C16H10ClN5. The molecule has 1 aromatic carbocycles. The average Bonchev–Trinajstić information content (AvgIpc) is 3.01. The van der Waals surface area contributed by atoms with Gasteiger partial charge in [-0.3, -0.25) is 4.98 Å². The van der Waals surface area contributed by atoms with E-state index in [2.05, 4.69) is 20.1 Å². The van der Waals surface area contributed by atoms with Crippen LogP contribution in [0.25, 0.3) is 28.4 Å². The van der Waals surface area contributed by atoms with Crippen LogP contribution in [0.3, 0.4) is 0 Å². The van der Waals surface area contributed by atoms with E-state index in [4.69, 9.17) is 11.6 Å². The summed E-state index contributed by atoms with van der Waals surface area (Å²) in [6, 6.07) is 13.3. The summed E-state index contributed by atoms with van der Waals surface area (Å²) in [6.45, 7) is 0. The van der Waals surface area contributed by atoms with Gasteiger partial charge in [0.05, 0.1) is 5.69 Å². The average molecular weight is 308 g/mol. The van der Waals surface area contributed by atoms with Crippen molar-refractivity contribution < 1.29 is 0 Å². The topological polar surface area (TPSA) is 56.0 Å². The molecule has 0 aliphatic rings. The van der Waals surface area contributed by atoms with Crippen LogP contribution in [0, 0.1) is 0 Å². The maximum absolute atomic E-state index is 5.95. The normalized spacial score (nSPS) is 11.0. The Kier molecular flexibility index (Phi) is 3.05. The van der Waals surface area contributed by atoms with Gasteiger partial charge >= 0.3 is 0 Å². The van der Waals surface area contributed by atoms with Gasteiger partial charge < -0.3 is 0 Å². The van der Waals surface area contributed by atoms with Crippen molar-refractivity contribution in [2.45, 2.75) is 0 Å². The van der Waals surface area contributed by atoms with Gasteiger partial charge in [-0.15, -0.1) is 5.10 Å². The van der Waals surface area contributed by atoms with E-state index in [0.29, 0.717) is 16.6 Å². The smallest absolute Gasteiger partial charge is 0.253 e. The maximum atomic E-state index is 5.95. The highest BCUT2D eigenvalue weighted by atomic mass is 35.5. The summed E-state index contributed by atoms with van der Waals surface area (Å²) in [7, 11) is 0. The van der Waals surface area contributed by atoms with E-state index in [9.17, 15) is 0 Å². The lowest BCUT2D eigenvalue weighted by Crippen LogP contribution is -1.95.